The molecule has 0 saturated carbocycles. The molecule has 0 heterocycles. The maximum atomic E-state index is 12.9. The lowest BCUT2D eigenvalue weighted by Crippen LogP contribution is -2.46. The maximum absolute atomic E-state index is 12.9. The van der Waals surface area contributed by atoms with Gasteiger partial charge in [-0.1, -0.05) is 25.4 Å². The van der Waals surface area contributed by atoms with Gasteiger partial charge in [-0.2, -0.15) is 0 Å². The Kier molecular flexibility index (Phi) is 6.61. The van der Waals surface area contributed by atoms with Gasteiger partial charge in [-0.15, -0.1) is 0 Å². The minimum absolute atomic E-state index is 0.0385. The largest absolute Gasteiger partial charge is 0.480 e. The number of carboxylic acid groups (broad SMARTS) is 1. The second kappa shape index (κ2) is 7.98. The van der Waals surface area contributed by atoms with Crippen LogP contribution in [0.5, 0.6) is 5.75 Å². The van der Waals surface area contributed by atoms with Crippen LogP contribution in [0.1, 0.15) is 27.2 Å². The van der Waals surface area contributed by atoms with Crippen LogP contribution < -0.4 is 10.1 Å². The van der Waals surface area contributed by atoms with Crippen LogP contribution >= 0.6 is 11.6 Å². The molecule has 1 unspecified atom stereocenters. The van der Waals surface area contributed by atoms with Gasteiger partial charge in [-0.3, -0.25) is 4.79 Å². The molecule has 0 aliphatic rings. The molecule has 7 heteroatoms. The highest BCUT2D eigenvalue weighted by Gasteiger charge is 2.25. The molecular weight excluding hydrogens is 313 g/mol. The van der Waals surface area contributed by atoms with Gasteiger partial charge >= 0.3 is 5.97 Å². The number of rotatable bonds is 7. The minimum Gasteiger partial charge on any atom is -0.480 e. The molecule has 1 aromatic carbocycles. The zero-order valence-electron chi connectivity index (χ0n) is 12.6. The third-order valence-electron chi connectivity index (χ3n) is 2.89. The predicted octanol–water partition coefficient (Wildman–Crippen LogP) is 2.86. The molecule has 0 bridgehead atoms. The number of carbonyl (C=O) groups excluding carboxylic acids is 1. The van der Waals surface area contributed by atoms with Crippen molar-refractivity contribution in [2.75, 3.05) is 0 Å². The third-order valence-corrected chi connectivity index (χ3v) is 3.18. The van der Waals surface area contributed by atoms with Crippen LogP contribution in [0, 0.1) is 11.7 Å². The summed E-state index contributed by atoms with van der Waals surface area (Å²) in [6, 6.07) is 2.55. The molecule has 1 amide bonds. The lowest BCUT2D eigenvalue weighted by atomic mass is 10.0. The van der Waals surface area contributed by atoms with E-state index in [2.05, 4.69) is 5.32 Å². The Labute approximate surface area is 133 Å². The van der Waals surface area contributed by atoms with Gasteiger partial charge in [0.25, 0.3) is 5.91 Å². The van der Waals surface area contributed by atoms with Crippen molar-refractivity contribution >= 4 is 23.5 Å². The molecule has 5 nitrogen and oxygen atoms in total. The molecule has 0 aliphatic heterocycles. The van der Waals surface area contributed by atoms with E-state index < -0.39 is 29.8 Å². The number of carbonyl (C=O) groups is 2. The lowest BCUT2D eigenvalue weighted by molar-refractivity contribution is -0.143. The highest BCUT2D eigenvalue weighted by atomic mass is 35.5. The highest BCUT2D eigenvalue weighted by molar-refractivity contribution is 6.32. The van der Waals surface area contributed by atoms with Gasteiger partial charge in [0.1, 0.15) is 17.6 Å². The van der Waals surface area contributed by atoms with Crippen LogP contribution in [0.15, 0.2) is 18.2 Å². The molecule has 1 aromatic rings. The zero-order chi connectivity index (χ0) is 16.9. The first kappa shape index (κ1) is 18.2. The summed E-state index contributed by atoms with van der Waals surface area (Å²) in [5.41, 5.74) is 0. The fraction of sp³-hybridized carbons (Fsp3) is 0.467. The van der Waals surface area contributed by atoms with Crippen LogP contribution in [-0.4, -0.2) is 29.1 Å². The average Bonchev–Trinajstić information content (AvgIpc) is 2.40. The first-order valence-electron chi connectivity index (χ1n) is 6.85. The van der Waals surface area contributed by atoms with Crippen molar-refractivity contribution in [3.8, 4) is 5.75 Å². The van der Waals surface area contributed by atoms with Crippen LogP contribution in [0.4, 0.5) is 4.39 Å². The normalized spacial score (nSPS) is 13.5. The molecule has 0 saturated heterocycles. The summed E-state index contributed by atoms with van der Waals surface area (Å²) in [7, 11) is 0. The van der Waals surface area contributed by atoms with Crippen molar-refractivity contribution in [2.24, 2.45) is 5.92 Å². The van der Waals surface area contributed by atoms with E-state index in [-0.39, 0.29) is 16.7 Å². The number of carboxylic acids is 1. The van der Waals surface area contributed by atoms with E-state index in [9.17, 15) is 14.0 Å². The number of hydrogen-bond acceptors (Lipinski definition) is 3. The van der Waals surface area contributed by atoms with Gasteiger partial charge < -0.3 is 15.2 Å². The molecule has 1 rings (SSSR count). The average molecular weight is 332 g/mol. The van der Waals surface area contributed by atoms with E-state index in [0.29, 0.717) is 6.42 Å². The second-order valence-corrected chi connectivity index (χ2v) is 5.77. The van der Waals surface area contributed by atoms with Crippen molar-refractivity contribution in [2.45, 2.75) is 39.3 Å². The molecular formula is C15H19ClFNO4. The molecule has 22 heavy (non-hydrogen) atoms. The van der Waals surface area contributed by atoms with Gasteiger partial charge in [0.15, 0.2) is 6.10 Å². The maximum Gasteiger partial charge on any atom is 0.326 e. The summed E-state index contributed by atoms with van der Waals surface area (Å²) in [6.45, 7) is 5.18. The first-order valence-corrected chi connectivity index (χ1v) is 7.23. The fourth-order valence-electron chi connectivity index (χ4n) is 1.80. The zero-order valence-corrected chi connectivity index (χ0v) is 13.4. The smallest absolute Gasteiger partial charge is 0.326 e. The summed E-state index contributed by atoms with van der Waals surface area (Å²) in [4.78, 5) is 23.1. The number of halogens is 2. The topological polar surface area (TPSA) is 75.6 Å². The van der Waals surface area contributed by atoms with Gasteiger partial charge in [0, 0.05) is 0 Å². The lowest BCUT2D eigenvalue weighted by Gasteiger charge is -2.20. The monoisotopic (exact) mass is 331 g/mol. The number of nitrogens with one attached hydrogen (secondary N) is 1. The summed E-state index contributed by atoms with van der Waals surface area (Å²) in [5.74, 6) is -1.93. The summed E-state index contributed by atoms with van der Waals surface area (Å²) >= 11 is 5.81. The van der Waals surface area contributed by atoms with Crippen molar-refractivity contribution in [3.05, 3.63) is 29.0 Å². The predicted molar refractivity (Wildman–Crippen MR) is 80.5 cm³/mol. The van der Waals surface area contributed by atoms with E-state index in [1.165, 1.54) is 13.0 Å². The number of hydrogen-bond donors (Lipinski definition) is 2. The third kappa shape index (κ3) is 5.52. The molecule has 0 radical (unpaired) electrons. The highest BCUT2D eigenvalue weighted by Crippen LogP contribution is 2.25. The Hall–Kier alpha value is -1.82. The van der Waals surface area contributed by atoms with Crippen LogP contribution in [0.2, 0.25) is 5.02 Å². The number of ether oxygens (including phenoxy) is 1. The van der Waals surface area contributed by atoms with Gasteiger partial charge in [0.05, 0.1) is 5.02 Å². The summed E-state index contributed by atoms with van der Waals surface area (Å²) in [5, 5.41) is 11.6. The molecule has 0 fully saturated rings. The summed E-state index contributed by atoms with van der Waals surface area (Å²) < 4.78 is 18.3. The Morgan fingerprint density at radius 1 is 1.36 bits per heavy atom. The number of benzene rings is 1. The fourth-order valence-corrected chi connectivity index (χ4v) is 2.01. The molecule has 0 spiro atoms. The number of aliphatic carboxylic acids is 1. The van der Waals surface area contributed by atoms with Gasteiger partial charge in [-0.05, 0) is 37.5 Å². The van der Waals surface area contributed by atoms with Gasteiger partial charge in [-0.25, -0.2) is 9.18 Å². The standard InChI is InChI=1S/C15H19ClFNO4/c1-8(2)6-12(15(20)21)18-14(19)9(3)22-13-5-4-10(17)7-11(13)16/h4-5,7-9,12H,6H2,1-3H3,(H,18,19)(H,20,21)/t9?,12-/m0/s1. The van der Waals surface area contributed by atoms with E-state index in [1.807, 2.05) is 13.8 Å². The van der Waals surface area contributed by atoms with E-state index in [4.69, 9.17) is 21.4 Å². The minimum atomic E-state index is -1.10. The van der Waals surface area contributed by atoms with E-state index >= 15 is 0 Å². The van der Waals surface area contributed by atoms with Crippen molar-refractivity contribution in [3.63, 3.8) is 0 Å². The van der Waals surface area contributed by atoms with Crippen molar-refractivity contribution in [1.29, 1.82) is 0 Å². The van der Waals surface area contributed by atoms with Crippen molar-refractivity contribution < 1.29 is 23.8 Å². The van der Waals surface area contributed by atoms with Crippen molar-refractivity contribution in [1.82, 2.24) is 5.32 Å². The van der Waals surface area contributed by atoms with E-state index in [0.717, 1.165) is 12.1 Å². The van der Waals surface area contributed by atoms with Crippen LogP contribution in [0.3, 0.4) is 0 Å². The molecule has 2 atom stereocenters. The van der Waals surface area contributed by atoms with Crippen LogP contribution in [-0.2, 0) is 9.59 Å². The molecule has 0 aromatic heterocycles. The Bertz CT molecular complexity index is 550. The molecule has 2 N–H and O–H groups in total. The van der Waals surface area contributed by atoms with Gasteiger partial charge in [0.2, 0.25) is 0 Å². The Morgan fingerprint density at radius 3 is 2.50 bits per heavy atom. The molecule has 122 valence electrons. The quantitative estimate of drug-likeness (QED) is 0.805. The number of amides is 1. The SMILES string of the molecule is CC(C)C[C@H](NC(=O)C(C)Oc1ccc(F)cc1Cl)C(=O)O. The van der Waals surface area contributed by atoms with Crippen LogP contribution in [0.25, 0.3) is 0 Å². The first-order chi connectivity index (χ1) is 10.2. The van der Waals surface area contributed by atoms with E-state index in [1.54, 1.807) is 0 Å². The second-order valence-electron chi connectivity index (χ2n) is 5.36. The molecule has 0 aliphatic carbocycles. The Morgan fingerprint density at radius 2 is 2.00 bits per heavy atom. The summed E-state index contributed by atoms with van der Waals surface area (Å²) in [6.07, 6.45) is -0.651. The Balaban J connectivity index is 2.69.